The van der Waals surface area contributed by atoms with Crippen molar-refractivity contribution in [3.05, 3.63) is 58.9 Å². The van der Waals surface area contributed by atoms with Crippen molar-refractivity contribution in [1.82, 2.24) is 5.32 Å². The molecular formula is C21H22FNO4. The zero-order valence-electron chi connectivity index (χ0n) is 15.5. The Hall–Kier alpha value is -2.89. The highest BCUT2D eigenvalue weighted by atomic mass is 19.1. The minimum atomic E-state index is -0.412. The van der Waals surface area contributed by atoms with E-state index in [2.05, 4.69) is 5.32 Å². The van der Waals surface area contributed by atoms with Gasteiger partial charge < -0.3 is 14.8 Å². The maximum absolute atomic E-state index is 14.0. The molecule has 1 aliphatic carbocycles. The summed E-state index contributed by atoms with van der Waals surface area (Å²) in [5.74, 6) is -0.164. The van der Waals surface area contributed by atoms with Gasteiger partial charge in [0, 0.05) is 17.5 Å². The fourth-order valence-electron chi connectivity index (χ4n) is 3.47. The average Bonchev–Trinajstić information content (AvgIpc) is 2.96. The monoisotopic (exact) mass is 371 g/mol. The summed E-state index contributed by atoms with van der Waals surface area (Å²) in [6.07, 6.45) is 0.254. The Bertz CT molecular complexity index is 880. The normalized spacial score (nSPS) is 16.6. The van der Waals surface area contributed by atoms with Crippen LogP contribution in [0.2, 0.25) is 0 Å². The predicted octanol–water partition coefficient (Wildman–Crippen LogP) is 3.78. The predicted molar refractivity (Wildman–Crippen MR) is 98.8 cm³/mol. The Morgan fingerprint density at radius 3 is 2.74 bits per heavy atom. The van der Waals surface area contributed by atoms with E-state index < -0.39 is 5.82 Å². The summed E-state index contributed by atoms with van der Waals surface area (Å²) in [7, 11) is 1.57. The molecule has 0 saturated heterocycles. The van der Waals surface area contributed by atoms with Crippen LogP contribution < -0.4 is 14.8 Å². The highest BCUT2D eigenvalue weighted by Gasteiger charge is 2.32. The third-order valence-electron chi connectivity index (χ3n) is 4.76. The van der Waals surface area contributed by atoms with E-state index in [0.29, 0.717) is 11.3 Å². The van der Waals surface area contributed by atoms with Gasteiger partial charge in [-0.2, -0.15) is 0 Å². The molecule has 0 saturated carbocycles. The summed E-state index contributed by atoms with van der Waals surface area (Å²) in [5, 5.41) is 2.84. The summed E-state index contributed by atoms with van der Waals surface area (Å²) in [4.78, 5) is 24.4. The van der Waals surface area contributed by atoms with Crippen LogP contribution in [0.3, 0.4) is 0 Å². The first kappa shape index (κ1) is 18.9. The Morgan fingerprint density at radius 1 is 1.26 bits per heavy atom. The van der Waals surface area contributed by atoms with Crippen LogP contribution in [0.15, 0.2) is 36.4 Å². The molecule has 2 atom stereocenters. The van der Waals surface area contributed by atoms with Crippen molar-refractivity contribution < 1.29 is 23.5 Å². The molecule has 5 nitrogen and oxygen atoms in total. The van der Waals surface area contributed by atoms with Gasteiger partial charge in [0.25, 0.3) is 5.91 Å². The lowest BCUT2D eigenvalue weighted by Crippen LogP contribution is -2.31. The number of halogens is 1. The van der Waals surface area contributed by atoms with Crippen LogP contribution >= 0.6 is 0 Å². The summed E-state index contributed by atoms with van der Waals surface area (Å²) < 4.78 is 24.9. The van der Waals surface area contributed by atoms with Gasteiger partial charge in [0.2, 0.25) is 0 Å². The number of methoxy groups -OCH3 is 1. The fraction of sp³-hybridized carbons (Fsp3) is 0.333. The van der Waals surface area contributed by atoms with Gasteiger partial charge in [-0.25, -0.2) is 4.39 Å². The van der Waals surface area contributed by atoms with Gasteiger partial charge in [0.1, 0.15) is 17.3 Å². The molecule has 0 fully saturated rings. The second-order valence-corrected chi connectivity index (χ2v) is 6.68. The SMILES string of the molecule is COc1ccccc1[C@H](C)NC(=O)COc1ccc(F)c2c1C(=O)C[C@@H]2C. The first-order chi connectivity index (χ1) is 12.9. The molecule has 0 heterocycles. The molecular weight excluding hydrogens is 349 g/mol. The summed E-state index contributed by atoms with van der Waals surface area (Å²) in [5.41, 5.74) is 1.48. The number of hydrogen-bond acceptors (Lipinski definition) is 4. The Morgan fingerprint density at radius 2 is 2.00 bits per heavy atom. The quantitative estimate of drug-likeness (QED) is 0.839. The van der Waals surface area contributed by atoms with Gasteiger partial charge >= 0.3 is 0 Å². The second-order valence-electron chi connectivity index (χ2n) is 6.68. The molecule has 6 heteroatoms. The topological polar surface area (TPSA) is 64.6 Å². The van der Waals surface area contributed by atoms with Crippen molar-refractivity contribution in [1.29, 1.82) is 0 Å². The molecule has 0 aromatic heterocycles. The highest BCUT2D eigenvalue weighted by Crippen LogP contribution is 2.39. The van der Waals surface area contributed by atoms with Crippen LogP contribution in [-0.4, -0.2) is 25.4 Å². The molecule has 3 rings (SSSR count). The zero-order valence-corrected chi connectivity index (χ0v) is 15.5. The number of ketones is 1. The van der Waals surface area contributed by atoms with Crippen LogP contribution in [-0.2, 0) is 4.79 Å². The first-order valence-corrected chi connectivity index (χ1v) is 8.83. The van der Waals surface area contributed by atoms with E-state index in [1.165, 1.54) is 12.1 Å². The maximum Gasteiger partial charge on any atom is 0.258 e. The number of rotatable bonds is 6. The number of nitrogens with one attached hydrogen (secondary N) is 1. The summed E-state index contributed by atoms with van der Waals surface area (Å²) in [6, 6.07) is 9.82. The molecule has 0 unspecified atom stereocenters. The van der Waals surface area contributed by atoms with Gasteiger partial charge in [0.15, 0.2) is 12.4 Å². The first-order valence-electron chi connectivity index (χ1n) is 8.83. The Balaban J connectivity index is 1.68. The van der Waals surface area contributed by atoms with E-state index in [9.17, 15) is 14.0 Å². The van der Waals surface area contributed by atoms with E-state index >= 15 is 0 Å². The van der Waals surface area contributed by atoms with E-state index in [-0.39, 0.29) is 48.0 Å². The average molecular weight is 371 g/mol. The number of carbonyl (C=O) groups excluding carboxylic acids is 2. The van der Waals surface area contributed by atoms with Crippen molar-refractivity contribution in [2.45, 2.75) is 32.2 Å². The van der Waals surface area contributed by atoms with Crippen molar-refractivity contribution >= 4 is 11.7 Å². The molecule has 27 heavy (non-hydrogen) atoms. The van der Waals surface area contributed by atoms with Gasteiger partial charge in [-0.05, 0) is 31.0 Å². The van der Waals surface area contributed by atoms with Crippen molar-refractivity contribution in [3.63, 3.8) is 0 Å². The number of Topliss-reactive ketones (excluding diaryl/α,β-unsaturated/α-hetero) is 1. The smallest absolute Gasteiger partial charge is 0.258 e. The molecule has 0 bridgehead atoms. The minimum Gasteiger partial charge on any atom is -0.496 e. The Kier molecular flexibility index (Phi) is 5.44. The number of ether oxygens (including phenoxy) is 2. The van der Waals surface area contributed by atoms with Crippen LogP contribution in [0.5, 0.6) is 11.5 Å². The molecule has 142 valence electrons. The molecule has 2 aromatic rings. The van der Waals surface area contributed by atoms with Gasteiger partial charge in [0.05, 0.1) is 18.7 Å². The lowest BCUT2D eigenvalue weighted by Gasteiger charge is -2.18. The van der Waals surface area contributed by atoms with Crippen molar-refractivity contribution in [2.24, 2.45) is 0 Å². The van der Waals surface area contributed by atoms with Crippen LogP contribution in [0.1, 0.15) is 53.7 Å². The molecule has 1 aliphatic rings. The van der Waals surface area contributed by atoms with E-state index in [1.54, 1.807) is 14.0 Å². The summed E-state index contributed by atoms with van der Waals surface area (Å²) >= 11 is 0. The molecule has 0 radical (unpaired) electrons. The molecule has 1 amide bonds. The summed E-state index contributed by atoms with van der Waals surface area (Å²) in [6.45, 7) is 3.38. The third kappa shape index (κ3) is 3.79. The molecule has 0 spiro atoms. The largest absolute Gasteiger partial charge is 0.496 e. The van der Waals surface area contributed by atoms with E-state index in [4.69, 9.17) is 9.47 Å². The molecule has 1 N–H and O–H groups in total. The van der Waals surface area contributed by atoms with Crippen LogP contribution in [0, 0.1) is 5.82 Å². The number of para-hydroxylation sites is 1. The highest BCUT2D eigenvalue weighted by molar-refractivity contribution is 6.03. The minimum absolute atomic E-state index is 0.158. The lowest BCUT2D eigenvalue weighted by atomic mass is 10.0. The number of fused-ring (bicyclic) bond motifs is 1. The van der Waals surface area contributed by atoms with Crippen molar-refractivity contribution in [3.8, 4) is 11.5 Å². The van der Waals surface area contributed by atoms with E-state index in [0.717, 1.165) is 5.56 Å². The number of hydrogen-bond donors (Lipinski definition) is 1. The fourth-order valence-corrected chi connectivity index (χ4v) is 3.47. The van der Waals surface area contributed by atoms with Gasteiger partial charge in [-0.15, -0.1) is 0 Å². The second kappa shape index (κ2) is 7.78. The lowest BCUT2D eigenvalue weighted by molar-refractivity contribution is -0.123. The van der Waals surface area contributed by atoms with Crippen LogP contribution in [0.4, 0.5) is 4.39 Å². The number of benzene rings is 2. The van der Waals surface area contributed by atoms with Crippen LogP contribution in [0.25, 0.3) is 0 Å². The zero-order chi connectivity index (χ0) is 19.6. The number of carbonyl (C=O) groups is 2. The molecule has 2 aromatic carbocycles. The van der Waals surface area contributed by atoms with Gasteiger partial charge in [-0.3, -0.25) is 9.59 Å². The maximum atomic E-state index is 14.0. The van der Waals surface area contributed by atoms with Gasteiger partial charge in [-0.1, -0.05) is 25.1 Å². The number of amides is 1. The van der Waals surface area contributed by atoms with E-state index in [1.807, 2.05) is 31.2 Å². The van der Waals surface area contributed by atoms with Crippen molar-refractivity contribution in [2.75, 3.05) is 13.7 Å². The molecule has 0 aliphatic heterocycles. The Labute approximate surface area is 157 Å². The third-order valence-corrected chi connectivity index (χ3v) is 4.76. The standard InChI is InChI=1S/C21H22FNO4/c1-12-10-16(24)21-18(9-8-15(22)20(12)21)27-11-19(25)23-13(2)14-6-4-5-7-17(14)26-3/h4-9,12-13H,10-11H2,1-3H3,(H,23,25)/t12-,13-/m0/s1.